The lowest BCUT2D eigenvalue weighted by atomic mass is 10.1. The summed E-state index contributed by atoms with van der Waals surface area (Å²) in [7, 11) is -2.25. The quantitative estimate of drug-likeness (QED) is 0.415. The van der Waals surface area contributed by atoms with E-state index in [4.69, 9.17) is 0 Å². The van der Waals surface area contributed by atoms with E-state index in [-0.39, 0.29) is 22.9 Å². The second kappa shape index (κ2) is 7.43. The van der Waals surface area contributed by atoms with E-state index >= 15 is 0 Å². The summed E-state index contributed by atoms with van der Waals surface area (Å²) >= 11 is 0. The van der Waals surface area contributed by atoms with Crippen molar-refractivity contribution in [1.82, 2.24) is 15.2 Å². The van der Waals surface area contributed by atoms with Gasteiger partial charge in [-0.3, -0.25) is 13.8 Å². The number of phenolic OH excluding ortho intramolecular Hbond substituents is 2. The molecule has 10 nitrogen and oxygen atoms in total. The average Bonchev–Trinajstić information content (AvgIpc) is 3.04. The number of phenols is 2. The number of nitrogens with zero attached hydrogens (tertiary/aromatic N) is 4. The number of nitrogens with one attached hydrogen (secondary N) is 1. The molecule has 3 N–H and O–H groups in total. The summed E-state index contributed by atoms with van der Waals surface area (Å²) in [5.41, 5.74) is 4.56. The van der Waals surface area contributed by atoms with Gasteiger partial charge >= 0.3 is 0 Å². The van der Waals surface area contributed by atoms with Gasteiger partial charge in [-0.05, 0) is 25.1 Å². The molecule has 2 heterocycles. The van der Waals surface area contributed by atoms with Gasteiger partial charge in [-0.2, -0.15) is 10.2 Å². The number of hydrogen-bond donors (Lipinski definition) is 3. The Balaban J connectivity index is 1.58. The number of aromatic hydroxyl groups is 2. The molecule has 0 saturated carbocycles. The molecule has 1 aliphatic heterocycles. The summed E-state index contributed by atoms with van der Waals surface area (Å²) < 4.78 is 28.3. The van der Waals surface area contributed by atoms with E-state index in [1.165, 1.54) is 40.4 Å². The van der Waals surface area contributed by atoms with Crippen LogP contribution in [-0.4, -0.2) is 47.6 Å². The number of amides is 1. The summed E-state index contributed by atoms with van der Waals surface area (Å²) in [6, 6.07) is 10.6. The predicted octanol–water partition coefficient (Wildman–Crippen LogP) is 1.56. The maximum Gasteiger partial charge on any atom is 0.264 e. The van der Waals surface area contributed by atoms with Crippen molar-refractivity contribution in [2.24, 2.45) is 5.10 Å². The van der Waals surface area contributed by atoms with Gasteiger partial charge in [0.15, 0.2) is 0 Å². The molecule has 3 aromatic rings. The van der Waals surface area contributed by atoms with Gasteiger partial charge < -0.3 is 10.2 Å². The lowest BCUT2D eigenvalue weighted by Gasteiger charge is -2.26. The van der Waals surface area contributed by atoms with Crippen molar-refractivity contribution in [1.29, 1.82) is 0 Å². The molecule has 0 fully saturated rings. The smallest absolute Gasteiger partial charge is 0.264 e. The Morgan fingerprint density at radius 3 is 2.71 bits per heavy atom. The molecule has 31 heavy (non-hydrogen) atoms. The van der Waals surface area contributed by atoms with E-state index < -0.39 is 15.9 Å². The Labute approximate surface area is 178 Å². The van der Waals surface area contributed by atoms with Crippen LogP contribution >= 0.6 is 0 Å². The fourth-order valence-electron chi connectivity index (χ4n) is 3.39. The minimum absolute atomic E-state index is 0.0923. The monoisotopic (exact) mass is 441 g/mol. The molecule has 0 radical (unpaired) electrons. The number of carbonyl (C=O) groups excluding carboxylic acids is 1. The number of aromatic nitrogens is 2. The predicted molar refractivity (Wildman–Crippen MR) is 113 cm³/mol. The first-order valence-electron chi connectivity index (χ1n) is 9.20. The molecule has 4 rings (SSSR count). The zero-order valence-corrected chi connectivity index (χ0v) is 17.5. The van der Waals surface area contributed by atoms with Crippen molar-refractivity contribution >= 4 is 27.8 Å². The topological polar surface area (TPSA) is 137 Å². The third-order valence-corrected chi connectivity index (χ3v) is 6.79. The Morgan fingerprint density at radius 2 is 1.97 bits per heavy atom. The van der Waals surface area contributed by atoms with Gasteiger partial charge in [0.2, 0.25) is 0 Å². The first kappa shape index (κ1) is 20.4. The van der Waals surface area contributed by atoms with Crippen molar-refractivity contribution in [2.75, 3.05) is 11.4 Å². The van der Waals surface area contributed by atoms with E-state index in [1.54, 1.807) is 25.1 Å². The number of carbonyl (C=O) groups is 1. The minimum atomic E-state index is -3.71. The van der Waals surface area contributed by atoms with E-state index in [9.17, 15) is 23.4 Å². The summed E-state index contributed by atoms with van der Waals surface area (Å²) in [6.45, 7) is 1.50. The van der Waals surface area contributed by atoms with Gasteiger partial charge in [-0.15, -0.1) is 0 Å². The number of fused-ring (bicyclic) bond motifs is 3. The van der Waals surface area contributed by atoms with E-state index in [0.29, 0.717) is 28.2 Å². The number of sulfonamides is 1. The Morgan fingerprint density at radius 1 is 1.23 bits per heavy atom. The fourth-order valence-corrected chi connectivity index (χ4v) is 4.84. The van der Waals surface area contributed by atoms with Crippen LogP contribution in [0.2, 0.25) is 0 Å². The third-order valence-electron chi connectivity index (χ3n) is 4.97. The van der Waals surface area contributed by atoms with Crippen LogP contribution in [0.25, 0.3) is 11.3 Å². The largest absolute Gasteiger partial charge is 0.508 e. The molecule has 0 spiro atoms. The summed E-state index contributed by atoms with van der Waals surface area (Å²) in [4.78, 5) is 12.5. The number of hydrazone groups is 1. The summed E-state index contributed by atoms with van der Waals surface area (Å²) in [5.74, 6) is -0.766. The number of hydrogen-bond acceptors (Lipinski definition) is 7. The van der Waals surface area contributed by atoms with E-state index in [2.05, 4.69) is 15.6 Å². The molecule has 1 amide bonds. The van der Waals surface area contributed by atoms with Crippen LogP contribution in [0, 0.1) is 6.92 Å². The molecular weight excluding hydrogens is 422 g/mol. The number of anilines is 1. The van der Waals surface area contributed by atoms with E-state index in [0.717, 1.165) is 6.07 Å². The van der Waals surface area contributed by atoms with Crippen molar-refractivity contribution in [3.05, 3.63) is 53.7 Å². The van der Waals surface area contributed by atoms with Gasteiger partial charge in [0, 0.05) is 24.2 Å². The lowest BCUT2D eigenvalue weighted by Crippen LogP contribution is -2.30. The van der Waals surface area contributed by atoms with Crippen LogP contribution in [0.4, 0.5) is 5.69 Å². The Hall–Kier alpha value is -3.86. The zero-order valence-electron chi connectivity index (χ0n) is 16.6. The van der Waals surface area contributed by atoms with Crippen LogP contribution in [0.1, 0.15) is 11.3 Å². The van der Waals surface area contributed by atoms with Gasteiger partial charge in [-0.25, -0.2) is 13.8 Å². The van der Waals surface area contributed by atoms with Crippen LogP contribution in [0.15, 0.2) is 52.5 Å². The average molecular weight is 441 g/mol. The highest BCUT2D eigenvalue weighted by molar-refractivity contribution is 7.93. The zero-order chi connectivity index (χ0) is 22.3. The van der Waals surface area contributed by atoms with Gasteiger partial charge in [0.05, 0.1) is 16.8 Å². The highest BCUT2D eigenvalue weighted by Crippen LogP contribution is 2.43. The first-order chi connectivity index (χ1) is 14.7. The SMILES string of the molecule is Cc1c2c(nn1CC(=O)N/N=C/c1ccc(O)cc1O)-c1ccccc1S(=O)(=O)N2C. The van der Waals surface area contributed by atoms with Crippen molar-refractivity contribution < 1.29 is 23.4 Å². The molecule has 0 unspecified atom stereocenters. The van der Waals surface area contributed by atoms with Gasteiger partial charge in [0.1, 0.15) is 29.4 Å². The second-order valence-corrected chi connectivity index (χ2v) is 8.88. The van der Waals surface area contributed by atoms with Crippen LogP contribution in [-0.2, 0) is 21.4 Å². The molecule has 11 heteroatoms. The highest BCUT2D eigenvalue weighted by atomic mass is 32.2. The molecule has 2 aromatic carbocycles. The standard InChI is InChI=1S/C20H19N5O5S/c1-12-20-19(15-5-3-4-6-17(15)31(29,30)24(20)2)23-25(12)11-18(28)22-21-10-13-7-8-14(26)9-16(13)27/h3-10,26-27H,11H2,1-2H3,(H,22,28)/b21-10+. The number of benzene rings is 2. The maximum atomic E-state index is 12.8. The van der Waals surface area contributed by atoms with Crippen LogP contribution < -0.4 is 9.73 Å². The normalized spacial score (nSPS) is 14.3. The van der Waals surface area contributed by atoms with Crippen molar-refractivity contribution in [2.45, 2.75) is 18.4 Å². The molecule has 1 aliphatic rings. The number of rotatable bonds is 4. The Bertz CT molecular complexity index is 1330. The molecule has 0 bridgehead atoms. The highest BCUT2D eigenvalue weighted by Gasteiger charge is 2.36. The molecule has 0 aliphatic carbocycles. The molecule has 160 valence electrons. The van der Waals surface area contributed by atoms with E-state index in [1.807, 2.05) is 0 Å². The van der Waals surface area contributed by atoms with Crippen molar-refractivity contribution in [3.63, 3.8) is 0 Å². The summed E-state index contributed by atoms with van der Waals surface area (Å²) in [6.07, 6.45) is 1.24. The van der Waals surface area contributed by atoms with Crippen LogP contribution in [0.5, 0.6) is 11.5 Å². The first-order valence-corrected chi connectivity index (χ1v) is 10.6. The van der Waals surface area contributed by atoms with Gasteiger partial charge in [-0.1, -0.05) is 18.2 Å². The lowest BCUT2D eigenvalue weighted by molar-refractivity contribution is -0.121. The third kappa shape index (κ3) is 3.48. The minimum Gasteiger partial charge on any atom is -0.508 e. The second-order valence-electron chi connectivity index (χ2n) is 6.95. The maximum absolute atomic E-state index is 12.8. The van der Waals surface area contributed by atoms with Gasteiger partial charge in [0.25, 0.3) is 15.9 Å². The molecule has 0 saturated heterocycles. The van der Waals surface area contributed by atoms with Crippen LogP contribution in [0.3, 0.4) is 0 Å². The molecule has 1 aromatic heterocycles. The Kier molecular flexibility index (Phi) is 4.90. The van der Waals surface area contributed by atoms with Crippen molar-refractivity contribution in [3.8, 4) is 22.8 Å². The molecular formula is C20H19N5O5S. The summed E-state index contributed by atoms with van der Waals surface area (Å²) in [5, 5.41) is 27.3. The molecule has 0 atom stereocenters. The fraction of sp³-hybridized carbons (Fsp3) is 0.150.